The van der Waals surface area contributed by atoms with Crippen LogP contribution in [-0.2, 0) is 7.05 Å². The van der Waals surface area contributed by atoms with Crippen LogP contribution in [0.5, 0.6) is 0 Å². The van der Waals surface area contributed by atoms with Gasteiger partial charge in [0, 0.05) is 18.8 Å². The number of rotatable bonds is 1. The van der Waals surface area contributed by atoms with Crippen molar-refractivity contribution in [1.82, 2.24) is 19.7 Å². The summed E-state index contributed by atoms with van der Waals surface area (Å²) in [6.07, 6.45) is 3.19. The number of anilines is 1. The van der Waals surface area contributed by atoms with E-state index in [-0.39, 0.29) is 0 Å². The molecule has 0 atom stereocenters. The van der Waals surface area contributed by atoms with E-state index in [1.807, 2.05) is 20.0 Å². The maximum atomic E-state index is 5.80. The Labute approximate surface area is 81.6 Å². The van der Waals surface area contributed by atoms with Crippen molar-refractivity contribution in [2.24, 2.45) is 7.05 Å². The Bertz CT molecular complexity index is 446. The number of nitrogen functional groups attached to an aromatic ring is 1. The van der Waals surface area contributed by atoms with Crippen LogP contribution in [0.25, 0.3) is 11.4 Å². The van der Waals surface area contributed by atoms with Crippen LogP contribution in [-0.4, -0.2) is 19.7 Å². The highest BCUT2D eigenvalue weighted by Crippen LogP contribution is 2.22. The smallest absolute Gasteiger partial charge is 0.124 e. The molecule has 0 fully saturated rings. The zero-order chi connectivity index (χ0) is 10.1. The minimum atomic E-state index is 0.665. The summed E-state index contributed by atoms with van der Waals surface area (Å²) in [4.78, 5) is 7.97. The number of aromatic nitrogens is 4. The Morgan fingerprint density at radius 3 is 2.71 bits per heavy atom. The molecule has 0 aromatic carbocycles. The van der Waals surface area contributed by atoms with E-state index in [1.54, 1.807) is 10.9 Å². The summed E-state index contributed by atoms with van der Waals surface area (Å²) in [7, 11) is 1.81. The molecule has 5 nitrogen and oxygen atoms in total. The van der Waals surface area contributed by atoms with Gasteiger partial charge >= 0.3 is 0 Å². The summed E-state index contributed by atoms with van der Waals surface area (Å²) in [6, 6.07) is 1.81. The molecular weight excluding hydrogens is 178 g/mol. The molecule has 2 aromatic heterocycles. The van der Waals surface area contributed by atoms with Crippen LogP contribution in [0, 0.1) is 6.92 Å². The van der Waals surface area contributed by atoms with Gasteiger partial charge in [0.15, 0.2) is 0 Å². The third kappa shape index (κ3) is 1.22. The van der Waals surface area contributed by atoms with Gasteiger partial charge in [-0.15, -0.1) is 0 Å². The lowest BCUT2D eigenvalue weighted by atomic mass is 10.2. The lowest BCUT2D eigenvalue weighted by molar-refractivity contribution is 0.781. The third-order valence-electron chi connectivity index (χ3n) is 2.16. The largest absolute Gasteiger partial charge is 0.384 e. The average molecular weight is 189 g/mol. The molecule has 2 aromatic rings. The Hall–Kier alpha value is -1.91. The molecule has 0 radical (unpaired) electrons. The van der Waals surface area contributed by atoms with Crippen LogP contribution >= 0.6 is 0 Å². The summed E-state index contributed by atoms with van der Waals surface area (Å²) in [5, 5.41) is 4.28. The number of nitrogens with zero attached hydrogens (tertiary/aromatic N) is 4. The fraction of sp³-hybridized carbons (Fsp3) is 0.222. The predicted octanol–water partition coefficient (Wildman–Crippen LogP) is 0.768. The molecule has 2 heterocycles. The molecule has 2 rings (SSSR count). The molecule has 2 N–H and O–H groups in total. The highest BCUT2D eigenvalue weighted by atomic mass is 15.3. The van der Waals surface area contributed by atoms with E-state index in [0.29, 0.717) is 5.82 Å². The van der Waals surface area contributed by atoms with Crippen molar-refractivity contribution in [2.75, 3.05) is 5.73 Å². The molecule has 0 unspecified atom stereocenters. The van der Waals surface area contributed by atoms with Crippen molar-refractivity contribution in [1.29, 1.82) is 0 Å². The fourth-order valence-electron chi connectivity index (χ4n) is 1.32. The minimum Gasteiger partial charge on any atom is -0.384 e. The number of nitrogens with two attached hydrogens (primary N) is 1. The van der Waals surface area contributed by atoms with Crippen molar-refractivity contribution >= 4 is 5.82 Å². The van der Waals surface area contributed by atoms with E-state index in [0.717, 1.165) is 17.0 Å². The van der Waals surface area contributed by atoms with Crippen LogP contribution in [0.1, 0.15) is 5.56 Å². The highest BCUT2D eigenvalue weighted by molar-refractivity contribution is 5.64. The summed E-state index contributed by atoms with van der Waals surface area (Å²) in [5.74, 6) is 0.665. The zero-order valence-electron chi connectivity index (χ0n) is 8.10. The lowest BCUT2D eigenvalue weighted by Gasteiger charge is -1.95. The normalized spacial score (nSPS) is 10.4. The Kier molecular flexibility index (Phi) is 1.92. The molecule has 0 aliphatic carbocycles. The van der Waals surface area contributed by atoms with Crippen molar-refractivity contribution in [2.45, 2.75) is 6.92 Å². The Balaban J connectivity index is 2.58. The molecule has 0 bridgehead atoms. The van der Waals surface area contributed by atoms with Gasteiger partial charge in [-0.3, -0.25) is 4.68 Å². The molecule has 0 aliphatic rings. The molecule has 0 amide bonds. The molecule has 14 heavy (non-hydrogen) atoms. The monoisotopic (exact) mass is 189 g/mol. The van der Waals surface area contributed by atoms with E-state index in [9.17, 15) is 0 Å². The highest BCUT2D eigenvalue weighted by Gasteiger charge is 2.11. The lowest BCUT2D eigenvalue weighted by Crippen LogP contribution is -1.97. The number of hydrogen-bond donors (Lipinski definition) is 1. The zero-order valence-corrected chi connectivity index (χ0v) is 8.10. The summed E-state index contributed by atoms with van der Waals surface area (Å²) in [6.45, 7) is 1.93. The van der Waals surface area contributed by atoms with Crippen molar-refractivity contribution < 1.29 is 0 Å². The summed E-state index contributed by atoms with van der Waals surface area (Å²) < 4.78 is 1.65. The minimum absolute atomic E-state index is 0.665. The van der Waals surface area contributed by atoms with Crippen LogP contribution in [0.3, 0.4) is 0 Å². The topological polar surface area (TPSA) is 69.6 Å². The van der Waals surface area contributed by atoms with E-state index in [4.69, 9.17) is 5.73 Å². The second-order valence-electron chi connectivity index (χ2n) is 3.08. The molecule has 0 saturated carbocycles. The maximum Gasteiger partial charge on any atom is 0.124 e. The molecular formula is C9H11N5. The van der Waals surface area contributed by atoms with Gasteiger partial charge in [0.25, 0.3) is 0 Å². The molecule has 5 heteroatoms. The molecule has 0 spiro atoms. The molecule has 72 valence electrons. The molecule has 0 saturated heterocycles. The second kappa shape index (κ2) is 3.10. The number of hydrogen-bond acceptors (Lipinski definition) is 4. The maximum absolute atomic E-state index is 5.80. The van der Waals surface area contributed by atoms with Gasteiger partial charge in [0.1, 0.15) is 17.8 Å². The van der Waals surface area contributed by atoms with Crippen LogP contribution in [0.4, 0.5) is 5.82 Å². The first-order valence-corrected chi connectivity index (χ1v) is 4.25. The van der Waals surface area contributed by atoms with Gasteiger partial charge in [-0.05, 0) is 13.0 Å². The Morgan fingerprint density at radius 1 is 1.43 bits per heavy atom. The van der Waals surface area contributed by atoms with E-state index >= 15 is 0 Å². The van der Waals surface area contributed by atoms with Gasteiger partial charge in [-0.1, -0.05) is 0 Å². The van der Waals surface area contributed by atoms with Crippen LogP contribution in [0.2, 0.25) is 0 Å². The quantitative estimate of drug-likeness (QED) is 0.719. The summed E-state index contributed by atoms with van der Waals surface area (Å²) >= 11 is 0. The molecule has 0 aliphatic heterocycles. The standard InChI is InChI=1S/C9H11N5/c1-6-8(13-14(2)9(6)10)7-3-4-11-5-12-7/h3-5H,10H2,1-2H3. The van der Waals surface area contributed by atoms with E-state index < -0.39 is 0 Å². The van der Waals surface area contributed by atoms with Gasteiger partial charge in [-0.2, -0.15) is 5.10 Å². The van der Waals surface area contributed by atoms with Gasteiger partial charge in [-0.25, -0.2) is 9.97 Å². The third-order valence-corrected chi connectivity index (χ3v) is 2.16. The fourth-order valence-corrected chi connectivity index (χ4v) is 1.32. The van der Waals surface area contributed by atoms with Crippen molar-refractivity contribution in [3.05, 3.63) is 24.2 Å². The van der Waals surface area contributed by atoms with Gasteiger partial charge in [0.05, 0.1) is 5.69 Å². The number of aryl methyl sites for hydroxylation is 1. The van der Waals surface area contributed by atoms with Crippen LogP contribution in [0.15, 0.2) is 18.6 Å². The first-order chi connectivity index (χ1) is 6.70. The van der Waals surface area contributed by atoms with E-state index in [2.05, 4.69) is 15.1 Å². The SMILES string of the molecule is Cc1c(-c2ccncn2)nn(C)c1N. The van der Waals surface area contributed by atoms with Gasteiger partial charge < -0.3 is 5.73 Å². The van der Waals surface area contributed by atoms with Crippen molar-refractivity contribution in [3.8, 4) is 11.4 Å². The first-order valence-electron chi connectivity index (χ1n) is 4.25. The summed E-state index contributed by atoms with van der Waals surface area (Å²) in [5.41, 5.74) is 8.36. The van der Waals surface area contributed by atoms with E-state index in [1.165, 1.54) is 6.33 Å². The average Bonchev–Trinajstić information content (AvgIpc) is 2.47. The first kappa shape index (κ1) is 8.68. The van der Waals surface area contributed by atoms with Crippen molar-refractivity contribution in [3.63, 3.8) is 0 Å². The Morgan fingerprint density at radius 2 is 2.21 bits per heavy atom. The van der Waals surface area contributed by atoms with Gasteiger partial charge in [0.2, 0.25) is 0 Å². The second-order valence-corrected chi connectivity index (χ2v) is 3.08. The van der Waals surface area contributed by atoms with Crippen LogP contribution < -0.4 is 5.73 Å². The predicted molar refractivity (Wildman–Crippen MR) is 53.4 cm³/mol.